The molecule has 3 rings (SSSR count). The van der Waals surface area contributed by atoms with E-state index in [9.17, 15) is 14.8 Å². The van der Waals surface area contributed by atoms with E-state index in [4.69, 9.17) is 0 Å². The predicted octanol–water partition coefficient (Wildman–Crippen LogP) is 3.86. The first-order valence-corrected chi connectivity index (χ1v) is 8.58. The molecule has 4 nitrogen and oxygen atoms in total. The van der Waals surface area contributed by atoms with Gasteiger partial charge in [-0.2, -0.15) is 0 Å². The van der Waals surface area contributed by atoms with Crippen LogP contribution in [-0.2, 0) is 4.79 Å². The maximum absolute atomic E-state index is 11.7. The highest BCUT2D eigenvalue weighted by atomic mass is 16.4. The monoisotopic (exact) mass is 315 g/mol. The summed E-state index contributed by atoms with van der Waals surface area (Å²) in [6, 6.07) is 0. The molecule has 0 amide bonds. The highest BCUT2D eigenvalue weighted by molar-refractivity contribution is 5.73. The number of carbonyl (C=O) groups is 1. The predicted molar refractivity (Wildman–Crippen MR) is 88.5 cm³/mol. The molecular weight excluding hydrogens is 290 g/mol. The molecule has 0 saturated heterocycles. The number of nitroso groups, excluding NO2 is 1. The molecule has 2 saturated carbocycles. The van der Waals surface area contributed by atoms with E-state index in [1.807, 2.05) is 6.08 Å². The highest BCUT2D eigenvalue weighted by Crippen LogP contribution is 2.63. The van der Waals surface area contributed by atoms with Crippen molar-refractivity contribution in [2.24, 2.45) is 40.2 Å². The lowest BCUT2D eigenvalue weighted by Gasteiger charge is -2.41. The number of carboxylic acid groups (broad SMARTS) is 1. The molecule has 3 aliphatic carbocycles. The zero-order chi connectivity index (χ0) is 16.8. The second kappa shape index (κ2) is 5.47. The average molecular weight is 315 g/mol. The summed E-state index contributed by atoms with van der Waals surface area (Å²) in [7, 11) is 0. The van der Waals surface area contributed by atoms with Crippen LogP contribution in [0.3, 0.4) is 0 Å². The molecule has 6 atom stereocenters. The maximum Gasteiger partial charge on any atom is 0.311 e. The molecule has 0 aromatic rings. The van der Waals surface area contributed by atoms with Crippen molar-refractivity contribution in [3.63, 3.8) is 0 Å². The number of hydrogen-bond acceptors (Lipinski definition) is 3. The van der Waals surface area contributed by atoms with Crippen LogP contribution in [0.4, 0.5) is 0 Å². The number of nitrogens with zero attached hydrogens (tertiary/aromatic N) is 1. The number of allylic oxidation sites excluding steroid dienone is 1. The van der Waals surface area contributed by atoms with Gasteiger partial charge >= 0.3 is 5.97 Å². The summed E-state index contributed by atoms with van der Waals surface area (Å²) >= 11 is 0. The van der Waals surface area contributed by atoms with E-state index < -0.39 is 17.4 Å². The van der Waals surface area contributed by atoms with Gasteiger partial charge in [0, 0.05) is 11.8 Å². The molecule has 3 aliphatic rings. The number of carboxylic acids is 1. The summed E-state index contributed by atoms with van der Waals surface area (Å²) in [5.74, 6) is 5.80. The lowest BCUT2D eigenvalue weighted by molar-refractivity contribution is -0.141. The van der Waals surface area contributed by atoms with Crippen LogP contribution >= 0.6 is 0 Å². The summed E-state index contributed by atoms with van der Waals surface area (Å²) < 4.78 is 0. The first kappa shape index (κ1) is 16.2. The van der Waals surface area contributed by atoms with Gasteiger partial charge in [-0.15, -0.1) is 4.91 Å². The van der Waals surface area contributed by atoms with Gasteiger partial charge in [0.2, 0.25) is 0 Å². The van der Waals surface area contributed by atoms with Crippen molar-refractivity contribution in [2.45, 2.75) is 52.0 Å². The molecule has 0 aromatic heterocycles. The first-order valence-electron chi connectivity index (χ1n) is 8.58. The molecule has 1 N–H and O–H groups in total. The Morgan fingerprint density at radius 1 is 1.39 bits per heavy atom. The lowest BCUT2D eigenvalue weighted by atomic mass is 9.63. The molecule has 23 heavy (non-hydrogen) atoms. The van der Waals surface area contributed by atoms with Crippen LogP contribution in [0, 0.1) is 51.8 Å². The Balaban J connectivity index is 1.87. The normalized spacial score (nSPS) is 43.7. The smallest absolute Gasteiger partial charge is 0.311 e. The molecule has 2 bridgehead atoms. The fraction of sp³-hybridized carbons (Fsp3) is 0.737. The lowest BCUT2D eigenvalue weighted by Crippen LogP contribution is -2.43. The fourth-order valence-corrected chi connectivity index (χ4v) is 4.92. The van der Waals surface area contributed by atoms with Crippen LogP contribution in [0.1, 0.15) is 46.5 Å². The van der Waals surface area contributed by atoms with E-state index in [-0.39, 0.29) is 17.3 Å². The van der Waals surface area contributed by atoms with Gasteiger partial charge in [0.15, 0.2) is 5.54 Å². The van der Waals surface area contributed by atoms with Gasteiger partial charge < -0.3 is 5.11 Å². The Bertz CT molecular complexity index is 608. The Kier molecular flexibility index (Phi) is 3.86. The molecule has 4 heteroatoms. The standard InChI is InChI=1S/C19H25NO3/c1-12-16-10-14(18(12,2)3)11-19(16,20-23)9-8-13-6-4-5-7-15(13)17(21)22/h5,7,12-16H,4,6,10-11H2,1-3H3,(H,21,22). The third-order valence-corrected chi connectivity index (χ3v) is 6.88. The topological polar surface area (TPSA) is 66.7 Å². The van der Waals surface area contributed by atoms with E-state index in [0.717, 1.165) is 25.7 Å². The van der Waals surface area contributed by atoms with Crippen LogP contribution in [0.2, 0.25) is 0 Å². The summed E-state index contributed by atoms with van der Waals surface area (Å²) in [6.07, 6.45) is 6.98. The SMILES string of the molecule is CC1C2CC(CC2(C#CC2CCC=CC2C(=O)O)N=O)C1(C)C. The molecular formula is C19H25NO3. The quantitative estimate of drug-likeness (QED) is 0.478. The zero-order valence-electron chi connectivity index (χ0n) is 14.1. The second-order valence-corrected chi connectivity index (χ2v) is 8.11. The van der Waals surface area contributed by atoms with Crippen molar-refractivity contribution >= 4 is 5.97 Å². The maximum atomic E-state index is 11.7. The molecule has 124 valence electrons. The van der Waals surface area contributed by atoms with E-state index in [2.05, 4.69) is 37.8 Å². The second-order valence-electron chi connectivity index (χ2n) is 8.11. The molecule has 0 spiro atoms. The van der Waals surface area contributed by atoms with Crippen molar-refractivity contribution in [1.29, 1.82) is 0 Å². The molecule has 6 unspecified atom stereocenters. The highest BCUT2D eigenvalue weighted by Gasteiger charge is 2.62. The molecule has 2 fully saturated rings. The summed E-state index contributed by atoms with van der Waals surface area (Å²) in [5.41, 5.74) is -0.568. The van der Waals surface area contributed by atoms with E-state index in [1.54, 1.807) is 6.08 Å². The van der Waals surface area contributed by atoms with E-state index in [1.165, 1.54) is 0 Å². The summed E-state index contributed by atoms with van der Waals surface area (Å²) in [6.45, 7) is 6.75. The number of fused-ring (bicyclic) bond motifs is 2. The van der Waals surface area contributed by atoms with E-state index >= 15 is 0 Å². The van der Waals surface area contributed by atoms with Gasteiger partial charge in [-0.05, 0) is 48.1 Å². The zero-order valence-corrected chi connectivity index (χ0v) is 14.1. The van der Waals surface area contributed by atoms with Crippen molar-refractivity contribution in [3.05, 3.63) is 17.1 Å². The Morgan fingerprint density at radius 2 is 2.13 bits per heavy atom. The van der Waals surface area contributed by atoms with Gasteiger partial charge in [0.25, 0.3) is 0 Å². The minimum atomic E-state index is -0.837. The summed E-state index contributed by atoms with van der Waals surface area (Å²) in [4.78, 5) is 23.1. The number of hydrogen-bond donors (Lipinski definition) is 1. The van der Waals surface area contributed by atoms with Crippen LogP contribution in [-0.4, -0.2) is 16.6 Å². The third-order valence-electron chi connectivity index (χ3n) is 6.88. The van der Waals surface area contributed by atoms with Gasteiger partial charge in [0.05, 0.1) is 5.92 Å². The van der Waals surface area contributed by atoms with Gasteiger partial charge in [0.1, 0.15) is 0 Å². The van der Waals surface area contributed by atoms with Gasteiger partial charge in [-0.1, -0.05) is 44.8 Å². The van der Waals surface area contributed by atoms with Crippen molar-refractivity contribution < 1.29 is 9.90 Å². The van der Waals surface area contributed by atoms with Crippen molar-refractivity contribution in [3.8, 4) is 11.8 Å². The molecule has 0 aliphatic heterocycles. The van der Waals surface area contributed by atoms with Gasteiger partial charge in [-0.3, -0.25) is 4.79 Å². The molecule has 0 aromatic carbocycles. The van der Waals surface area contributed by atoms with Crippen LogP contribution in [0.25, 0.3) is 0 Å². The average Bonchev–Trinajstić information content (AvgIpc) is 3.01. The van der Waals surface area contributed by atoms with Crippen LogP contribution in [0.15, 0.2) is 17.3 Å². The summed E-state index contributed by atoms with van der Waals surface area (Å²) in [5, 5.41) is 12.8. The minimum absolute atomic E-state index is 0.204. The fourth-order valence-electron chi connectivity index (χ4n) is 4.92. The minimum Gasteiger partial charge on any atom is -0.481 e. The van der Waals surface area contributed by atoms with Crippen LogP contribution in [0.5, 0.6) is 0 Å². The Morgan fingerprint density at radius 3 is 2.70 bits per heavy atom. The van der Waals surface area contributed by atoms with E-state index in [0.29, 0.717) is 11.8 Å². The molecule has 0 radical (unpaired) electrons. The Hall–Kier alpha value is -1.63. The van der Waals surface area contributed by atoms with Gasteiger partial charge in [-0.25, -0.2) is 0 Å². The Labute approximate surface area is 137 Å². The largest absolute Gasteiger partial charge is 0.481 e. The number of aliphatic carboxylic acids is 1. The van der Waals surface area contributed by atoms with Crippen molar-refractivity contribution in [2.75, 3.05) is 0 Å². The third kappa shape index (κ3) is 2.41. The number of rotatable bonds is 2. The van der Waals surface area contributed by atoms with Crippen molar-refractivity contribution in [1.82, 2.24) is 0 Å². The molecule has 0 heterocycles. The van der Waals surface area contributed by atoms with Crippen LogP contribution < -0.4 is 0 Å². The first-order chi connectivity index (χ1) is 10.8.